The highest BCUT2D eigenvalue weighted by molar-refractivity contribution is 6.30. The Morgan fingerprint density at radius 1 is 0.933 bits per heavy atom. The molecular formula is C22H21ClN2O5. The fraction of sp³-hybridized carbons (Fsp3) is 0.182. The summed E-state index contributed by atoms with van der Waals surface area (Å²) >= 11 is 5.84. The summed E-state index contributed by atoms with van der Waals surface area (Å²) in [7, 11) is 0. The van der Waals surface area contributed by atoms with Crippen LogP contribution in [0.3, 0.4) is 0 Å². The molecule has 3 aromatic rings. The van der Waals surface area contributed by atoms with Crippen molar-refractivity contribution in [3.05, 3.63) is 83.3 Å². The molecule has 0 spiro atoms. The molecule has 0 radical (unpaired) electrons. The molecule has 3 rings (SSSR count). The zero-order valence-electron chi connectivity index (χ0n) is 16.5. The van der Waals surface area contributed by atoms with Crippen molar-refractivity contribution in [1.29, 1.82) is 0 Å². The summed E-state index contributed by atoms with van der Waals surface area (Å²) in [6.07, 6.45) is 0. The van der Waals surface area contributed by atoms with Gasteiger partial charge in [0.2, 0.25) is 0 Å². The highest BCUT2D eigenvalue weighted by Crippen LogP contribution is 2.21. The predicted octanol–water partition coefficient (Wildman–Crippen LogP) is 4.13. The Bertz CT molecular complexity index is 1000. The number of benzene rings is 2. The van der Waals surface area contributed by atoms with Crippen LogP contribution in [0.4, 0.5) is 0 Å². The summed E-state index contributed by atoms with van der Waals surface area (Å²) in [6, 6.07) is 19.0. The fourth-order valence-corrected chi connectivity index (χ4v) is 2.54. The molecule has 0 aliphatic rings. The Morgan fingerprint density at radius 3 is 2.33 bits per heavy atom. The first-order valence-electron chi connectivity index (χ1n) is 9.15. The average molecular weight is 429 g/mol. The molecule has 0 aliphatic heterocycles. The number of carbonyl (C=O) groups is 2. The van der Waals surface area contributed by atoms with Crippen LogP contribution < -0.4 is 20.3 Å². The number of halogens is 1. The van der Waals surface area contributed by atoms with Crippen molar-refractivity contribution >= 4 is 23.4 Å². The molecule has 2 aromatic carbocycles. The van der Waals surface area contributed by atoms with Crippen molar-refractivity contribution in [2.24, 2.45) is 0 Å². The van der Waals surface area contributed by atoms with Gasteiger partial charge in [-0.3, -0.25) is 20.4 Å². The summed E-state index contributed by atoms with van der Waals surface area (Å²) in [5, 5.41) is 0.559. The van der Waals surface area contributed by atoms with Gasteiger partial charge in [0, 0.05) is 5.02 Å². The number of amides is 2. The summed E-state index contributed by atoms with van der Waals surface area (Å²) in [5.74, 6) is 0.539. The number of hydrogen-bond donors (Lipinski definition) is 2. The Balaban J connectivity index is 1.50. The van der Waals surface area contributed by atoms with E-state index in [9.17, 15) is 9.59 Å². The van der Waals surface area contributed by atoms with Crippen LogP contribution in [0.15, 0.2) is 71.1 Å². The van der Waals surface area contributed by atoms with Gasteiger partial charge in [-0.15, -0.1) is 0 Å². The minimum Gasteiger partial charge on any atom is -0.486 e. The first-order valence-corrected chi connectivity index (χ1v) is 9.53. The van der Waals surface area contributed by atoms with E-state index in [1.54, 1.807) is 44.2 Å². The first-order chi connectivity index (χ1) is 14.3. The first kappa shape index (κ1) is 21.3. The van der Waals surface area contributed by atoms with Crippen LogP contribution in [-0.4, -0.2) is 17.4 Å². The van der Waals surface area contributed by atoms with Gasteiger partial charge in [0.25, 0.3) is 5.91 Å². The van der Waals surface area contributed by atoms with E-state index in [1.165, 1.54) is 6.07 Å². The lowest BCUT2D eigenvalue weighted by atomic mass is 10.1. The molecule has 2 amide bonds. The third-order valence-corrected chi connectivity index (χ3v) is 4.28. The highest BCUT2D eigenvalue weighted by Gasteiger charge is 2.30. The van der Waals surface area contributed by atoms with E-state index in [0.717, 1.165) is 0 Å². The summed E-state index contributed by atoms with van der Waals surface area (Å²) < 4.78 is 16.7. The normalized spacial score (nSPS) is 10.9. The number of ether oxygens (including phenoxy) is 2. The van der Waals surface area contributed by atoms with Crippen LogP contribution in [0, 0.1) is 0 Å². The second-order valence-electron chi connectivity index (χ2n) is 6.84. The molecule has 1 heterocycles. The Morgan fingerprint density at radius 2 is 1.63 bits per heavy atom. The Hall–Kier alpha value is -3.45. The molecule has 0 fully saturated rings. The molecule has 1 aromatic heterocycles. The summed E-state index contributed by atoms with van der Waals surface area (Å²) in [4.78, 5) is 24.7. The molecule has 0 saturated heterocycles. The van der Waals surface area contributed by atoms with Gasteiger partial charge in [-0.1, -0.05) is 29.8 Å². The lowest BCUT2D eigenvalue weighted by Gasteiger charge is -2.25. The van der Waals surface area contributed by atoms with Crippen LogP contribution >= 0.6 is 11.6 Å². The van der Waals surface area contributed by atoms with Crippen LogP contribution in [0.25, 0.3) is 0 Å². The van der Waals surface area contributed by atoms with E-state index in [2.05, 4.69) is 10.9 Å². The van der Waals surface area contributed by atoms with Gasteiger partial charge in [0.15, 0.2) is 11.4 Å². The van der Waals surface area contributed by atoms with Gasteiger partial charge in [-0.05, 0) is 62.4 Å². The van der Waals surface area contributed by atoms with Crippen LogP contribution in [0.2, 0.25) is 5.02 Å². The van der Waals surface area contributed by atoms with Crippen molar-refractivity contribution in [2.75, 3.05) is 0 Å². The second-order valence-corrected chi connectivity index (χ2v) is 7.28. The zero-order valence-corrected chi connectivity index (χ0v) is 17.2. The molecule has 2 N–H and O–H groups in total. The average Bonchev–Trinajstić information content (AvgIpc) is 3.21. The predicted molar refractivity (Wildman–Crippen MR) is 111 cm³/mol. The van der Waals surface area contributed by atoms with Gasteiger partial charge < -0.3 is 13.9 Å². The lowest BCUT2D eigenvalue weighted by Crippen LogP contribution is -2.53. The van der Waals surface area contributed by atoms with Crippen molar-refractivity contribution in [2.45, 2.75) is 26.1 Å². The van der Waals surface area contributed by atoms with E-state index in [0.29, 0.717) is 22.3 Å². The smallest absolute Gasteiger partial charge is 0.305 e. The number of nitrogens with one attached hydrogen (secondary N) is 2. The van der Waals surface area contributed by atoms with Gasteiger partial charge in [-0.25, -0.2) is 0 Å². The minimum absolute atomic E-state index is 0.0402. The molecular weight excluding hydrogens is 408 g/mol. The van der Waals surface area contributed by atoms with E-state index in [-0.39, 0.29) is 12.4 Å². The molecule has 30 heavy (non-hydrogen) atoms. The van der Waals surface area contributed by atoms with Crippen LogP contribution in [-0.2, 0) is 11.4 Å². The molecule has 8 heteroatoms. The number of hydrogen-bond acceptors (Lipinski definition) is 5. The molecule has 0 unspecified atom stereocenters. The summed E-state index contributed by atoms with van der Waals surface area (Å²) in [5.41, 5.74) is 3.41. The fourth-order valence-electron chi connectivity index (χ4n) is 2.42. The number of rotatable bonds is 7. The maximum atomic E-state index is 12.4. The van der Waals surface area contributed by atoms with Crippen molar-refractivity contribution < 1.29 is 23.5 Å². The molecule has 156 valence electrons. The maximum Gasteiger partial charge on any atom is 0.305 e. The molecule has 0 atom stereocenters. The SMILES string of the molecule is CC(C)(Oc1ccc(Cl)cc1)C(=O)NNC(=O)c1ccc(COc2ccccc2)o1. The topological polar surface area (TPSA) is 89.8 Å². The van der Waals surface area contributed by atoms with E-state index in [1.807, 2.05) is 30.3 Å². The standard InChI is InChI=1S/C22H21ClN2O5/c1-22(2,30-17-10-8-15(23)9-11-17)21(27)25-24-20(26)19-13-12-18(29-19)14-28-16-6-4-3-5-7-16/h3-13H,14H2,1-2H3,(H,24,26)(H,25,27). The molecule has 0 bridgehead atoms. The number of hydrazine groups is 1. The monoisotopic (exact) mass is 428 g/mol. The van der Waals surface area contributed by atoms with Gasteiger partial charge in [0.1, 0.15) is 23.9 Å². The molecule has 0 aliphatic carbocycles. The zero-order chi connectivity index (χ0) is 21.6. The number of para-hydroxylation sites is 1. The second kappa shape index (κ2) is 9.37. The quantitative estimate of drug-likeness (QED) is 0.552. The van der Waals surface area contributed by atoms with Gasteiger partial charge in [0.05, 0.1) is 0 Å². The minimum atomic E-state index is -1.24. The van der Waals surface area contributed by atoms with E-state index >= 15 is 0 Å². The molecule has 0 saturated carbocycles. The van der Waals surface area contributed by atoms with Gasteiger partial charge in [-0.2, -0.15) is 0 Å². The lowest BCUT2D eigenvalue weighted by molar-refractivity contribution is -0.135. The molecule has 7 nitrogen and oxygen atoms in total. The van der Waals surface area contributed by atoms with Crippen LogP contribution in [0.5, 0.6) is 11.5 Å². The number of furan rings is 1. The van der Waals surface area contributed by atoms with Crippen molar-refractivity contribution in [3.8, 4) is 11.5 Å². The maximum absolute atomic E-state index is 12.4. The highest BCUT2D eigenvalue weighted by atomic mass is 35.5. The van der Waals surface area contributed by atoms with E-state index < -0.39 is 17.4 Å². The van der Waals surface area contributed by atoms with Crippen LogP contribution in [0.1, 0.15) is 30.2 Å². The number of carbonyl (C=O) groups excluding carboxylic acids is 2. The third-order valence-electron chi connectivity index (χ3n) is 4.03. The van der Waals surface area contributed by atoms with Crippen molar-refractivity contribution in [1.82, 2.24) is 10.9 Å². The van der Waals surface area contributed by atoms with E-state index in [4.69, 9.17) is 25.5 Å². The van der Waals surface area contributed by atoms with Crippen molar-refractivity contribution in [3.63, 3.8) is 0 Å². The Kier molecular flexibility index (Phi) is 6.64. The van der Waals surface area contributed by atoms with Gasteiger partial charge >= 0.3 is 5.91 Å². The third kappa shape index (κ3) is 5.78. The largest absolute Gasteiger partial charge is 0.486 e. The Labute approximate surface area is 178 Å². The summed E-state index contributed by atoms with van der Waals surface area (Å²) in [6.45, 7) is 3.33.